The van der Waals surface area contributed by atoms with Crippen molar-refractivity contribution in [3.8, 4) is 0 Å². The lowest BCUT2D eigenvalue weighted by atomic mass is 10.2. The first-order chi connectivity index (χ1) is 8.22. The minimum Gasteiger partial charge on any atom is -0.462 e. The molecule has 0 aliphatic heterocycles. The van der Waals surface area contributed by atoms with E-state index in [2.05, 4.69) is 12.2 Å². The van der Waals surface area contributed by atoms with E-state index in [9.17, 15) is 4.79 Å². The summed E-state index contributed by atoms with van der Waals surface area (Å²) in [6, 6.07) is 3.72. The molecule has 94 valence electrons. The number of rotatable bonds is 7. The number of nitrogens with one attached hydrogen (secondary N) is 1. The molecule has 1 aromatic heterocycles. The number of carbonyl (C=O) groups excluding carboxylic acids is 1. The molecule has 1 aromatic rings. The number of amides is 1. The topological polar surface area (TPSA) is 42.2 Å². The van der Waals surface area contributed by atoms with Crippen molar-refractivity contribution < 1.29 is 9.21 Å². The summed E-state index contributed by atoms with van der Waals surface area (Å²) in [7, 11) is 0. The van der Waals surface area contributed by atoms with Crippen LogP contribution in [0.15, 0.2) is 22.6 Å². The molecule has 1 heterocycles. The Balaban J connectivity index is 2.18. The van der Waals surface area contributed by atoms with Crippen LogP contribution >= 0.6 is 0 Å². The Morgan fingerprint density at radius 3 is 2.82 bits per heavy atom. The molecule has 0 aliphatic carbocycles. The van der Waals surface area contributed by atoms with Crippen LogP contribution in [0.1, 0.15) is 44.1 Å². The fraction of sp³-hybridized carbons (Fsp3) is 0.500. The van der Waals surface area contributed by atoms with Crippen molar-refractivity contribution in [3.05, 3.63) is 29.7 Å². The number of hydrogen-bond acceptors (Lipinski definition) is 2. The summed E-state index contributed by atoms with van der Waals surface area (Å²) in [6.45, 7) is 4.80. The Labute approximate surface area is 103 Å². The number of unbranched alkanes of at least 4 members (excludes halogenated alkanes) is 3. The quantitative estimate of drug-likeness (QED) is 0.582. The molecular formula is C14H21NO2. The normalized spacial score (nSPS) is 10.9. The largest absolute Gasteiger partial charge is 0.462 e. The molecule has 17 heavy (non-hydrogen) atoms. The van der Waals surface area contributed by atoms with E-state index in [1.54, 1.807) is 6.08 Å². The van der Waals surface area contributed by atoms with Crippen LogP contribution < -0.4 is 5.32 Å². The van der Waals surface area contributed by atoms with Gasteiger partial charge in [-0.3, -0.25) is 4.79 Å². The van der Waals surface area contributed by atoms with Gasteiger partial charge in [0.1, 0.15) is 11.5 Å². The summed E-state index contributed by atoms with van der Waals surface area (Å²) in [5.74, 6) is 1.50. The lowest BCUT2D eigenvalue weighted by molar-refractivity contribution is -0.116. The summed E-state index contributed by atoms with van der Waals surface area (Å²) in [5.41, 5.74) is 0. The van der Waals surface area contributed by atoms with E-state index < -0.39 is 0 Å². The van der Waals surface area contributed by atoms with Crippen LogP contribution in [0, 0.1) is 6.92 Å². The first-order valence-corrected chi connectivity index (χ1v) is 6.24. The van der Waals surface area contributed by atoms with Gasteiger partial charge >= 0.3 is 0 Å². The molecule has 0 spiro atoms. The number of furan rings is 1. The number of aryl methyl sites for hydroxylation is 1. The van der Waals surface area contributed by atoms with E-state index in [-0.39, 0.29) is 5.91 Å². The predicted octanol–water partition coefficient (Wildman–Crippen LogP) is 3.30. The van der Waals surface area contributed by atoms with Gasteiger partial charge in [-0.2, -0.15) is 0 Å². The van der Waals surface area contributed by atoms with E-state index in [4.69, 9.17) is 4.42 Å². The second kappa shape index (κ2) is 7.71. The van der Waals surface area contributed by atoms with Gasteiger partial charge in [0, 0.05) is 12.6 Å². The molecule has 1 rings (SSSR count). The van der Waals surface area contributed by atoms with Crippen molar-refractivity contribution in [3.63, 3.8) is 0 Å². The Morgan fingerprint density at radius 1 is 1.35 bits per heavy atom. The van der Waals surface area contributed by atoms with Crippen molar-refractivity contribution in [1.29, 1.82) is 0 Å². The highest BCUT2D eigenvalue weighted by molar-refractivity contribution is 5.91. The van der Waals surface area contributed by atoms with Gasteiger partial charge in [0.15, 0.2) is 0 Å². The third-order valence-corrected chi connectivity index (χ3v) is 2.49. The fourth-order valence-corrected chi connectivity index (χ4v) is 1.52. The standard InChI is InChI=1S/C14H21NO2/c1-3-4-5-6-11-15-14(16)10-9-13-8-7-12(2)17-13/h7-10H,3-6,11H2,1-2H3,(H,15,16). The maximum atomic E-state index is 11.4. The van der Waals surface area contributed by atoms with Gasteiger partial charge in [-0.05, 0) is 31.6 Å². The monoisotopic (exact) mass is 235 g/mol. The molecule has 3 heteroatoms. The Hall–Kier alpha value is -1.51. The van der Waals surface area contributed by atoms with Gasteiger partial charge in [-0.25, -0.2) is 0 Å². The molecule has 0 aromatic carbocycles. The van der Waals surface area contributed by atoms with Crippen LogP contribution in [0.5, 0.6) is 0 Å². The van der Waals surface area contributed by atoms with E-state index in [0.29, 0.717) is 5.76 Å². The van der Waals surface area contributed by atoms with Crippen LogP contribution in [-0.4, -0.2) is 12.5 Å². The molecule has 0 saturated heterocycles. The van der Waals surface area contributed by atoms with Gasteiger partial charge < -0.3 is 9.73 Å². The maximum Gasteiger partial charge on any atom is 0.244 e. The summed E-state index contributed by atoms with van der Waals surface area (Å²) in [4.78, 5) is 11.4. The molecule has 3 nitrogen and oxygen atoms in total. The summed E-state index contributed by atoms with van der Waals surface area (Å²) >= 11 is 0. The minimum atomic E-state index is -0.0597. The predicted molar refractivity (Wildman–Crippen MR) is 69.6 cm³/mol. The second-order valence-electron chi connectivity index (χ2n) is 4.13. The third-order valence-electron chi connectivity index (χ3n) is 2.49. The Morgan fingerprint density at radius 2 is 2.18 bits per heavy atom. The van der Waals surface area contributed by atoms with E-state index >= 15 is 0 Å². The lowest BCUT2D eigenvalue weighted by Crippen LogP contribution is -2.21. The molecule has 0 radical (unpaired) electrons. The van der Waals surface area contributed by atoms with Gasteiger partial charge in [0.05, 0.1) is 0 Å². The molecule has 0 aliphatic rings. The molecule has 0 atom stereocenters. The van der Waals surface area contributed by atoms with Crippen LogP contribution in [0.2, 0.25) is 0 Å². The van der Waals surface area contributed by atoms with Crippen LogP contribution in [0.25, 0.3) is 6.08 Å². The molecule has 1 amide bonds. The molecular weight excluding hydrogens is 214 g/mol. The highest BCUT2D eigenvalue weighted by Crippen LogP contribution is 2.07. The highest BCUT2D eigenvalue weighted by Gasteiger charge is 1.96. The van der Waals surface area contributed by atoms with E-state index in [1.807, 2.05) is 19.1 Å². The van der Waals surface area contributed by atoms with Gasteiger partial charge in [0.25, 0.3) is 0 Å². The summed E-state index contributed by atoms with van der Waals surface area (Å²) < 4.78 is 5.32. The molecule has 0 saturated carbocycles. The van der Waals surface area contributed by atoms with Crippen molar-refractivity contribution in [2.24, 2.45) is 0 Å². The smallest absolute Gasteiger partial charge is 0.244 e. The zero-order valence-electron chi connectivity index (χ0n) is 10.7. The Bertz CT molecular complexity index is 366. The molecule has 1 N–H and O–H groups in total. The Kier molecular flexibility index (Phi) is 6.15. The summed E-state index contributed by atoms with van der Waals surface area (Å²) in [5, 5.41) is 2.85. The van der Waals surface area contributed by atoms with Gasteiger partial charge in [-0.15, -0.1) is 0 Å². The molecule has 0 fully saturated rings. The number of hydrogen-bond donors (Lipinski definition) is 1. The average Bonchev–Trinajstić information content (AvgIpc) is 2.72. The van der Waals surface area contributed by atoms with Crippen LogP contribution in [-0.2, 0) is 4.79 Å². The second-order valence-corrected chi connectivity index (χ2v) is 4.13. The first-order valence-electron chi connectivity index (χ1n) is 6.24. The molecule has 0 unspecified atom stereocenters. The van der Waals surface area contributed by atoms with E-state index in [0.717, 1.165) is 18.7 Å². The third kappa shape index (κ3) is 5.95. The zero-order chi connectivity index (χ0) is 12.5. The fourth-order valence-electron chi connectivity index (χ4n) is 1.52. The molecule has 0 bridgehead atoms. The van der Waals surface area contributed by atoms with Crippen molar-refractivity contribution >= 4 is 12.0 Å². The highest BCUT2D eigenvalue weighted by atomic mass is 16.3. The zero-order valence-corrected chi connectivity index (χ0v) is 10.7. The van der Waals surface area contributed by atoms with Gasteiger partial charge in [-0.1, -0.05) is 26.2 Å². The first kappa shape index (κ1) is 13.6. The SMILES string of the molecule is CCCCCCNC(=O)C=Cc1ccc(C)o1. The average molecular weight is 235 g/mol. The maximum absolute atomic E-state index is 11.4. The van der Waals surface area contributed by atoms with Crippen LogP contribution in [0.3, 0.4) is 0 Å². The minimum absolute atomic E-state index is 0.0597. The number of carbonyl (C=O) groups is 1. The lowest BCUT2D eigenvalue weighted by Gasteiger charge is -2.00. The van der Waals surface area contributed by atoms with E-state index in [1.165, 1.54) is 25.3 Å². The van der Waals surface area contributed by atoms with Crippen molar-refractivity contribution in [1.82, 2.24) is 5.32 Å². The van der Waals surface area contributed by atoms with Crippen LogP contribution in [0.4, 0.5) is 0 Å². The van der Waals surface area contributed by atoms with Crippen molar-refractivity contribution in [2.75, 3.05) is 6.54 Å². The van der Waals surface area contributed by atoms with Crippen molar-refractivity contribution in [2.45, 2.75) is 39.5 Å². The summed E-state index contributed by atoms with van der Waals surface area (Å²) in [6.07, 6.45) is 7.88. The van der Waals surface area contributed by atoms with Gasteiger partial charge in [0.2, 0.25) is 5.91 Å².